The molecule has 0 radical (unpaired) electrons. The number of carbonyl (C=O) groups is 1. The first-order chi connectivity index (χ1) is 4.72. The minimum atomic E-state index is 0. The van der Waals surface area contributed by atoms with Crippen molar-refractivity contribution >= 4 is 5.78 Å². The molecule has 1 N–H and O–H groups in total. The van der Waals surface area contributed by atoms with Gasteiger partial charge < -0.3 is 5.32 Å². The van der Waals surface area contributed by atoms with E-state index in [1.54, 1.807) is 0 Å². The van der Waals surface area contributed by atoms with Crippen LogP contribution in [0.5, 0.6) is 0 Å². The minimum absolute atomic E-state index is 0. The highest BCUT2D eigenvalue weighted by atomic mass is 16.1. The molecule has 1 saturated heterocycles. The lowest BCUT2D eigenvalue weighted by atomic mass is 10.0. The summed E-state index contributed by atoms with van der Waals surface area (Å²) in [6.07, 6.45) is 2.19. The smallest absolute Gasteiger partial charge is 0.152 e. The number of hydrogen-bond donors (Lipinski definition) is 1. The number of hydrogen-bond acceptors (Lipinski definition) is 2. The van der Waals surface area contributed by atoms with Crippen LogP contribution in [0.15, 0.2) is 0 Å². The molecule has 1 heterocycles. The lowest BCUT2D eigenvalue weighted by Crippen LogP contribution is -2.33. The van der Waals surface area contributed by atoms with Crippen molar-refractivity contribution in [3.05, 3.63) is 0 Å². The molecule has 0 bridgehead atoms. The molecule has 1 fully saturated rings. The van der Waals surface area contributed by atoms with E-state index in [-0.39, 0.29) is 19.4 Å². The Labute approximate surface area is 69.4 Å². The van der Waals surface area contributed by atoms with Gasteiger partial charge in [0.1, 0.15) is 0 Å². The van der Waals surface area contributed by atoms with Crippen LogP contribution in [-0.4, -0.2) is 18.4 Å². The van der Waals surface area contributed by atoms with Crippen LogP contribution in [0.3, 0.4) is 0 Å². The van der Waals surface area contributed by atoms with E-state index >= 15 is 0 Å². The van der Waals surface area contributed by atoms with E-state index in [2.05, 4.69) is 5.32 Å². The van der Waals surface area contributed by atoms with Gasteiger partial charge in [-0.2, -0.15) is 0 Å². The summed E-state index contributed by atoms with van der Waals surface area (Å²) < 4.78 is 0. The van der Waals surface area contributed by atoms with Crippen molar-refractivity contribution in [2.45, 2.75) is 40.2 Å². The van der Waals surface area contributed by atoms with Crippen LogP contribution in [0, 0.1) is 5.92 Å². The molecule has 0 aromatic carbocycles. The molecule has 0 aromatic heterocycles. The second-order valence-electron chi connectivity index (χ2n) is 3.21. The standard InChI is InChI=1S/C8H15NO.CH4/c1-6(2)8(10)7-4-3-5-9-7;/h6-7,9H,3-5H2,1-2H3;1H4. The molecule has 0 aromatic rings. The molecule has 0 aliphatic carbocycles. The van der Waals surface area contributed by atoms with Crippen LogP contribution in [0.4, 0.5) is 0 Å². The average Bonchev–Trinajstić information content (AvgIpc) is 2.36. The van der Waals surface area contributed by atoms with E-state index in [1.807, 2.05) is 13.8 Å². The summed E-state index contributed by atoms with van der Waals surface area (Å²) in [6.45, 7) is 4.94. The van der Waals surface area contributed by atoms with Crippen molar-refractivity contribution in [2.24, 2.45) is 5.92 Å². The Balaban J connectivity index is 0.000001000. The monoisotopic (exact) mass is 157 g/mol. The molecule has 1 aliphatic heterocycles. The van der Waals surface area contributed by atoms with Crippen molar-refractivity contribution in [3.8, 4) is 0 Å². The maximum atomic E-state index is 11.3. The third-order valence-electron chi connectivity index (χ3n) is 1.97. The van der Waals surface area contributed by atoms with Gasteiger partial charge in [-0.15, -0.1) is 0 Å². The maximum Gasteiger partial charge on any atom is 0.152 e. The predicted octanol–water partition coefficient (Wildman–Crippen LogP) is 1.60. The van der Waals surface area contributed by atoms with E-state index in [0.29, 0.717) is 5.78 Å². The number of carbonyl (C=O) groups excluding carboxylic acids is 1. The van der Waals surface area contributed by atoms with Crippen LogP contribution < -0.4 is 5.32 Å². The zero-order chi connectivity index (χ0) is 7.56. The fourth-order valence-corrected chi connectivity index (χ4v) is 1.33. The van der Waals surface area contributed by atoms with Gasteiger partial charge in [0.05, 0.1) is 6.04 Å². The van der Waals surface area contributed by atoms with Gasteiger partial charge in [0.15, 0.2) is 5.78 Å². The van der Waals surface area contributed by atoms with Gasteiger partial charge >= 0.3 is 0 Å². The van der Waals surface area contributed by atoms with Crippen LogP contribution in [-0.2, 0) is 4.79 Å². The molecule has 11 heavy (non-hydrogen) atoms. The lowest BCUT2D eigenvalue weighted by Gasteiger charge is -2.10. The van der Waals surface area contributed by atoms with Gasteiger partial charge in [0.25, 0.3) is 0 Å². The zero-order valence-electron chi connectivity index (χ0n) is 6.68. The summed E-state index contributed by atoms with van der Waals surface area (Å²) >= 11 is 0. The normalized spacial score (nSPS) is 23.4. The molecule has 0 saturated carbocycles. The highest BCUT2D eigenvalue weighted by Crippen LogP contribution is 2.10. The van der Waals surface area contributed by atoms with E-state index in [9.17, 15) is 4.79 Å². The predicted molar refractivity (Wildman–Crippen MR) is 47.6 cm³/mol. The Kier molecular flexibility index (Phi) is 4.34. The van der Waals surface area contributed by atoms with Crippen molar-refractivity contribution in [2.75, 3.05) is 6.54 Å². The topological polar surface area (TPSA) is 29.1 Å². The van der Waals surface area contributed by atoms with Crippen molar-refractivity contribution in [1.29, 1.82) is 0 Å². The molecule has 0 amide bonds. The van der Waals surface area contributed by atoms with Crippen LogP contribution >= 0.6 is 0 Å². The van der Waals surface area contributed by atoms with E-state index < -0.39 is 0 Å². The highest BCUT2D eigenvalue weighted by molar-refractivity contribution is 5.85. The summed E-state index contributed by atoms with van der Waals surface area (Å²) in [6, 6.07) is 0.167. The number of nitrogens with one attached hydrogen (secondary N) is 1. The summed E-state index contributed by atoms with van der Waals surface area (Å²) in [7, 11) is 0. The Morgan fingerprint density at radius 3 is 2.55 bits per heavy atom. The summed E-state index contributed by atoms with van der Waals surface area (Å²) in [4.78, 5) is 11.3. The minimum Gasteiger partial charge on any atom is -0.307 e. The Bertz CT molecular complexity index is 126. The van der Waals surface area contributed by atoms with Crippen LogP contribution in [0.1, 0.15) is 34.1 Å². The van der Waals surface area contributed by atoms with E-state index in [0.717, 1.165) is 19.4 Å². The molecule has 0 spiro atoms. The third-order valence-corrected chi connectivity index (χ3v) is 1.97. The highest BCUT2D eigenvalue weighted by Gasteiger charge is 2.23. The first kappa shape index (κ1) is 10.6. The van der Waals surface area contributed by atoms with Crippen molar-refractivity contribution in [3.63, 3.8) is 0 Å². The molecule has 66 valence electrons. The number of rotatable bonds is 2. The molecule has 2 nitrogen and oxygen atoms in total. The van der Waals surface area contributed by atoms with Crippen LogP contribution in [0.2, 0.25) is 0 Å². The first-order valence-corrected chi connectivity index (χ1v) is 3.99. The first-order valence-electron chi connectivity index (χ1n) is 3.99. The molecule has 1 atom stereocenters. The Hall–Kier alpha value is -0.370. The maximum absolute atomic E-state index is 11.3. The van der Waals surface area contributed by atoms with Crippen LogP contribution in [0.25, 0.3) is 0 Å². The van der Waals surface area contributed by atoms with E-state index in [4.69, 9.17) is 0 Å². The molecule has 2 heteroatoms. The van der Waals surface area contributed by atoms with Crippen molar-refractivity contribution < 1.29 is 4.79 Å². The Morgan fingerprint density at radius 1 is 1.55 bits per heavy atom. The van der Waals surface area contributed by atoms with E-state index in [1.165, 1.54) is 0 Å². The van der Waals surface area contributed by atoms with Gasteiger partial charge in [-0.05, 0) is 19.4 Å². The third kappa shape index (κ3) is 2.62. The average molecular weight is 157 g/mol. The molecule has 1 rings (SSSR count). The van der Waals surface area contributed by atoms with Gasteiger partial charge in [-0.25, -0.2) is 0 Å². The van der Waals surface area contributed by atoms with Crippen molar-refractivity contribution in [1.82, 2.24) is 5.32 Å². The fourth-order valence-electron chi connectivity index (χ4n) is 1.33. The summed E-state index contributed by atoms with van der Waals surface area (Å²) in [5.74, 6) is 0.563. The molecule has 1 aliphatic rings. The SMILES string of the molecule is C.CC(C)C(=O)C1CCCN1. The second-order valence-corrected chi connectivity index (χ2v) is 3.21. The number of ketones is 1. The zero-order valence-corrected chi connectivity index (χ0v) is 6.68. The second kappa shape index (κ2) is 4.50. The summed E-state index contributed by atoms with van der Waals surface area (Å²) in [5.41, 5.74) is 0. The van der Waals surface area contributed by atoms with Gasteiger partial charge in [-0.1, -0.05) is 21.3 Å². The Morgan fingerprint density at radius 2 is 2.18 bits per heavy atom. The summed E-state index contributed by atoms with van der Waals surface area (Å²) in [5, 5.41) is 3.19. The van der Waals surface area contributed by atoms with Gasteiger partial charge in [0.2, 0.25) is 0 Å². The molecule has 1 unspecified atom stereocenters. The molecular formula is C9H19NO. The largest absolute Gasteiger partial charge is 0.307 e. The molecular weight excluding hydrogens is 138 g/mol. The fraction of sp³-hybridized carbons (Fsp3) is 0.889. The number of Topliss-reactive ketones (excluding diaryl/α,β-unsaturated/α-hetero) is 1. The quantitative estimate of drug-likeness (QED) is 0.659. The van der Waals surface area contributed by atoms with Gasteiger partial charge in [0, 0.05) is 5.92 Å². The lowest BCUT2D eigenvalue weighted by molar-refractivity contribution is -0.123. The van der Waals surface area contributed by atoms with Gasteiger partial charge in [-0.3, -0.25) is 4.79 Å².